The first-order valence-electron chi connectivity index (χ1n) is 7.89. The number of benzene rings is 1. The highest BCUT2D eigenvalue weighted by Gasteiger charge is 2.21. The molecule has 124 valence electrons. The Kier molecular flexibility index (Phi) is 6.27. The van der Waals surface area contributed by atoms with Crippen LogP contribution >= 0.6 is 0 Å². The van der Waals surface area contributed by atoms with Gasteiger partial charge in [-0.3, -0.25) is 4.99 Å². The molecule has 0 heterocycles. The molecule has 0 spiro atoms. The van der Waals surface area contributed by atoms with E-state index in [1.807, 2.05) is 12.1 Å². The van der Waals surface area contributed by atoms with Gasteiger partial charge in [0, 0.05) is 17.5 Å². The highest BCUT2D eigenvalue weighted by molar-refractivity contribution is 5.80. The molecule has 0 aliphatic rings. The van der Waals surface area contributed by atoms with E-state index in [0.29, 0.717) is 6.54 Å². The summed E-state index contributed by atoms with van der Waals surface area (Å²) in [5.41, 5.74) is 1.15. The third kappa shape index (κ3) is 5.96. The predicted molar refractivity (Wildman–Crippen MR) is 94.9 cm³/mol. The fourth-order valence-electron chi connectivity index (χ4n) is 2.07. The molecule has 0 amide bonds. The number of hydrogen-bond donors (Lipinski definition) is 2. The van der Waals surface area contributed by atoms with Crippen molar-refractivity contribution in [3.8, 4) is 5.75 Å². The molecule has 22 heavy (non-hydrogen) atoms. The molecule has 0 unspecified atom stereocenters. The van der Waals surface area contributed by atoms with E-state index >= 15 is 0 Å². The minimum absolute atomic E-state index is 0.0128. The Balaban J connectivity index is 2.90. The van der Waals surface area contributed by atoms with Crippen LogP contribution in [0.15, 0.2) is 29.3 Å². The Bertz CT molecular complexity index is 501. The van der Waals surface area contributed by atoms with Crippen LogP contribution in [-0.4, -0.2) is 31.7 Å². The van der Waals surface area contributed by atoms with Gasteiger partial charge in [-0.1, -0.05) is 26.0 Å². The number of nitrogens with one attached hydrogen (secondary N) is 2. The highest BCUT2D eigenvalue weighted by Crippen LogP contribution is 2.26. The van der Waals surface area contributed by atoms with Crippen LogP contribution in [0.25, 0.3) is 0 Å². The lowest BCUT2D eigenvalue weighted by molar-refractivity contribution is 0.412. The van der Waals surface area contributed by atoms with Gasteiger partial charge in [0.1, 0.15) is 5.75 Å². The number of nitrogens with zero attached hydrogens (tertiary/aromatic N) is 1. The van der Waals surface area contributed by atoms with Gasteiger partial charge < -0.3 is 15.4 Å². The number of aliphatic imine (C=N–C) groups is 1. The lowest BCUT2D eigenvalue weighted by Crippen LogP contribution is -2.48. The van der Waals surface area contributed by atoms with Crippen LogP contribution < -0.4 is 15.4 Å². The van der Waals surface area contributed by atoms with Gasteiger partial charge in [-0.05, 0) is 45.4 Å². The highest BCUT2D eigenvalue weighted by atomic mass is 16.5. The van der Waals surface area contributed by atoms with E-state index in [4.69, 9.17) is 9.73 Å². The van der Waals surface area contributed by atoms with Crippen LogP contribution in [0, 0.1) is 0 Å². The summed E-state index contributed by atoms with van der Waals surface area (Å²) in [5, 5.41) is 6.72. The maximum atomic E-state index is 5.32. The summed E-state index contributed by atoms with van der Waals surface area (Å²) in [5.74, 6) is 1.74. The van der Waals surface area contributed by atoms with Gasteiger partial charge in [0.25, 0.3) is 0 Å². The second-order valence-electron chi connectivity index (χ2n) is 7.19. The normalized spacial score (nSPS) is 13.0. The molecule has 4 heteroatoms. The van der Waals surface area contributed by atoms with Crippen LogP contribution in [0.4, 0.5) is 0 Å². The van der Waals surface area contributed by atoms with Crippen LogP contribution in [0.5, 0.6) is 5.75 Å². The van der Waals surface area contributed by atoms with Crippen molar-refractivity contribution in [2.45, 2.75) is 52.5 Å². The zero-order valence-corrected chi connectivity index (χ0v) is 15.1. The van der Waals surface area contributed by atoms with E-state index in [0.717, 1.165) is 18.3 Å². The van der Waals surface area contributed by atoms with E-state index < -0.39 is 0 Å². The SMILES string of the molecule is CCNC(=NCC(C)(C)c1cccc(OC)c1)NC(C)(C)C. The number of guanidine groups is 1. The van der Waals surface area contributed by atoms with Crippen molar-refractivity contribution in [3.05, 3.63) is 29.8 Å². The lowest BCUT2D eigenvalue weighted by Gasteiger charge is -2.27. The van der Waals surface area contributed by atoms with Gasteiger partial charge >= 0.3 is 0 Å². The van der Waals surface area contributed by atoms with E-state index in [9.17, 15) is 0 Å². The average Bonchev–Trinajstić information content (AvgIpc) is 2.44. The van der Waals surface area contributed by atoms with E-state index in [1.54, 1.807) is 7.11 Å². The summed E-state index contributed by atoms with van der Waals surface area (Å²) < 4.78 is 5.32. The van der Waals surface area contributed by atoms with Gasteiger partial charge in [0.05, 0.1) is 13.7 Å². The quantitative estimate of drug-likeness (QED) is 0.648. The van der Waals surface area contributed by atoms with Crippen molar-refractivity contribution in [1.29, 1.82) is 0 Å². The van der Waals surface area contributed by atoms with Gasteiger partial charge in [-0.2, -0.15) is 0 Å². The summed E-state index contributed by atoms with van der Waals surface area (Å²) in [6, 6.07) is 8.20. The Labute approximate surface area is 135 Å². The molecule has 0 atom stereocenters. The maximum Gasteiger partial charge on any atom is 0.191 e. The second kappa shape index (κ2) is 7.52. The molecule has 0 bridgehead atoms. The van der Waals surface area contributed by atoms with Crippen molar-refractivity contribution < 1.29 is 4.74 Å². The molecule has 0 fully saturated rings. The lowest BCUT2D eigenvalue weighted by atomic mass is 9.84. The predicted octanol–water partition coefficient (Wildman–Crippen LogP) is 3.33. The van der Waals surface area contributed by atoms with Crippen molar-refractivity contribution in [2.75, 3.05) is 20.2 Å². The molecule has 4 nitrogen and oxygen atoms in total. The topological polar surface area (TPSA) is 45.7 Å². The van der Waals surface area contributed by atoms with Crippen LogP contribution in [0.2, 0.25) is 0 Å². The Hall–Kier alpha value is -1.71. The van der Waals surface area contributed by atoms with Gasteiger partial charge in [0.15, 0.2) is 5.96 Å². The zero-order valence-electron chi connectivity index (χ0n) is 15.1. The van der Waals surface area contributed by atoms with Crippen molar-refractivity contribution in [2.24, 2.45) is 4.99 Å². The van der Waals surface area contributed by atoms with Crippen molar-refractivity contribution in [3.63, 3.8) is 0 Å². The Morgan fingerprint density at radius 2 is 1.86 bits per heavy atom. The third-order valence-corrected chi connectivity index (χ3v) is 3.32. The molecule has 2 N–H and O–H groups in total. The minimum atomic E-state index is -0.0607. The Morgan fingerprint density at radius 3 is 2.41 bits per heavy atom. The summed E-state index contributed by atoms with van der Waals surface area (Å²) >= 11 is 0. The summed E-state index contributed by atoms with van der Waals surface area (Å²) in [7, 11) is 1.70. The largest absolute Gasteiger partial charge is 0.497 e. The standard InChI is InChI=1S/C18H31N3O/c1-8-19-16(21-17(2,3)4)20-13-18(5,6)14-10-9-11-15(12-14)22-7/h9-12H,8,13H2,1-7H3,(H2,19,20,21). The molecule has 0 saturated heterocycles. The van der Waals surface area contributed by atoms with Gasteiger partial charge in [-0.25, -0.2) is 0 Å². The first-order valence-corrected chi connectivity index (χ1v) is 7.89. The summed E-state index contributed by atoms with van der Waals surface area (Å²) in [4.78, 5) is 4.76. The number of ether oxygens (including phenoxy) is 1. The first-order chi connectivity index (χ1) is 10.2. The number of hydrogen-bond acceptors (Lipinski definition) is 2. The molecule has 0 aliphatic carbocycles. The first kappa shape index (κ1) is 18.3. The smallest absolute Gasteiger partial charge is 0.191 e. The fraction of sp³-hybridized carbons (Fsp3) is 0.611. The molecule has 0 aromatic heterocycles. The summed E-state index contributed by atoms with van der Waals surface area (Å²) in [6.07, 6.45) is 0. The summed E-state index contributed by atoms with van der Waals surface area (Å²) in [6.45, 7) is 14.4. The van der Waals surface area contributed by atoms with Crippen molar-refractivity contribution in [1.82, 2.24) is 10.6 Å². The molecule has 0 radical (unpaired) electrons. The van der Waals surface area contributed by atoms with E-state index in [2.05, 4.69) is 64.3 Å². The van der Waals surface area contributed by atoms with Crippen LogP contribution in [-0.2, 0) is 5.41 Å². The minimum Gasteiger partial charge on any atom is -0.497 e. The van der Waals surface area contributed by atoms with Gasteiger partial charge in [-0.15, -0.1) is 0 Å². The van der Waals surface area contributed by atoms with Gasteiger partial charge in [0.2, 0.25) is 0 Å². The molecule has 1 aromatic rings. The van der Waals surface area contributed by atoms with Crippen LogP contribution in [0.1, 0.15) is 47.1 Å². The molecule has 1 rings (SSSR count). The fourth-order valence-corrected chi connectivity index (χ4v) is 2.07. The van der Waals surface area contributed by atoms with E-state index in [1.165, 1.54) is 5.56 Å². The van der Waals surface area contributed by atoms with E-state index in [-0.39, 0.29) is 11.0 Å². The number of rotatable bonds is 5. The average molecular weight is 305 g/mol. The molecular weight excluding hydrogens is 274 g/mol. The van der Waals surface area contributed by atoms with Crippen molar-refractivity contribution >= 4 is 5.96 Å². The molecule has 0 saturated carbocycles. The Morgan fingerprint density at radius 1 is 1.18 bits per heavy atom. The third-order valence-electron chi connectivity index (χ3n) is 3.32. The molecule has 1 aromatic carbocycles. The second-order valence-corrected chi connectivity index (χ2v) is 7.19. The maximum absolute atomic E-state index is 5.32. The van der Waals surface area contributed by atoms with Crippen LogP contribution in [0.3, 0.4) is 0 Å². The number of methoxy groups -OCH3 is 1. The molecular formula is C18H31N3O. The molecule has 0 aliphatic heterocycles. The zero-order chi connectivity index (χ0) is 16.8. The monoisotopic (exact) mass is 305 g/mol.